The zero-order valence-electron chi connectivity index (χ0n) is 17.3. The highest BCUT2D eigenvalue weighted by atomic mass is 35.5. The van der Waals surface area contributed by atoms with Crippen molar-refractivity contribution < 1.29 is 4.74 Å². The molecule has 1 saturated heterocycles. The number of rotatable bonds is 7. The monoisotopic (exact) mass is 435 g/mol. The van der Waals surface area contributed by atoms with Gasteiger partial charge >= 0.3 is 0 Å². The first-order valence-electron chi connectivity index (χ1n) is 10.0. The number of halogens is 1. The molecule has 6 nitrogen and oxygen atoms in total. The number of thiazole rings is 1. The zero-order chi connectivity index (χ0) is 20.6. The lowest BCUT2D eigenvalue weighted by atomic mass is 10.0. The number of benzene rings is 1. The van der Waals surface area contributed by atoms with E-state index in [9.17, 15) is 0 Å². The molecule has 3 rings (SSSR count). The molecule has 29 heavy (non-hydrogen) atoms. The summed E-state index contributed by atoms with van der Waals surface area (Å²) in [4.78, 5) is 11.5. The molecule has 1 atom stereocenters. The molecule has 2 aromatic rings. The van der Waals surface area contributed by atoms with Crippen LogP contribution in [0.25, 0.3) is 0 Å². The molecule has 0 saturated carbocycles. The molecule has 1 aromatic carbocycles. The molecule has 1 unspecified atom stereocenters. The average Bonchev–Trinajstić information content (AvgIpc) is 3.22. The second-order valence-electron chi connectivity index (χ2n) is 7.34. The molecule has 0 spiro atoms. The maximum absolute atomic E-state index is 6.09. The van der Waals surface area contributed by atoms with Crippen LogP contribution >= 0.6 is 22.9 Å². The molecule has 0 radical (unpaired) electrons. The Morgan fingerprint density at radius 2 is 1.97 bits per heavy atom. The molecule has 1 fully saturated rings. The van der Waals surface area contributed by atoms with Gasteiger partial charge in [-0.3, -0.25) is 9.89 Å². The molecule has 1 aliphatic rings. The number of hydrogen-bond donors (Lipinski definition) is 2. The van der Waals surface area contributed by atoms with Crippen molar-refractivity contribution >= 4 is 28.9 Å². The topological polar surface area (TPSA) is 61.8 Å². The number of hydrogen-bond acceptors (Lipinski definition) is 5. The molecule has 8 heteroatoms. The van der Waals surface area contributed by atoms with Crippen LogP contribution in [0.1, 0.15) is 42.1 Å². The van der Waals surface area contributed by atoms with E-state index in [0.29, 0.717) is 12.5 Å². The number of nitrogens with one attached hydrogen (secondary N) is 2. The molecule has 0 bridgehead atoms. The Labute approximate surface area is 182 Å². The van der Waals surface area contributed by atoms with Gasteiger partial charge in [-0.05, 0) is 23.6 Å². The van der Waals surface area contributed by atoms with Crippen LogP contribution in [-0.2, 0) is 11.3 Å². The third-order valence-electron chi connectivity index (χ3n) is 5.00. The van der Waals surface area contributed by atoms with Crippen molar-refractivity contribution in [3.8, 4) is 0 Å². The van der Waals surface area contributed by atoms with Gasteiger partial charge in [-0.15, -0.1) is 11.3 Å². The van der Waals surface area contributed by atoms with Gasteiger partial charge in [0, 0.05) is 37.1 Å². The van der Waals surface area contributed by atoms with Crippen LogP contribution in [-0.4, -0.2) is 55.7 Å². The summed E-state index contributed by atoms with van der Waals surface area (Å²) in [6.07, 6.45) is 0. The van der Waals surface area contributed by atoms with Gasteiger partial charge in [-0.25, -0.2) is 4.98 Å². The van der Waals surface area contributed by atoms with E-state index < -0.39 is 0 Å². The minimum absolute atomic E-state index is 0.224. The fourth-order valence-corrected chi connectivity index (χ4v) is 4.30. The molecular formula is C21H30ClN5OS. The molecule has 0 aliphatic carbocycles. The van der Waals surface area contributed by atoms with Gasteiger partial charge in [0.1, 0.15) is 5.01 Å². The number of aromatic nitrogens is 1. The Morgan fingerprint density at radius 3 is 2.59 bits per heavy atom. The first-order chi connectivity index (χ1) is 14.1. The fourth-order valence-electron chi connectivity index (χ4n) is 3.28. The Hall–Kier alpha value is -1.67. The molecular weight excluding hydrogens is 406 g/mol. The SMILES string of the molecule is CN=C(NCc1nc(C(C)C)cs1)NCC(c1ccc(Cl)cc1)N1CCOCC1. The van der Waals surface area contributed by atoms with Crippen molar-refractivity contribution in [1.29, 1.82) is 0 Å². The van der Waals surface area contributed by atoms with E-state index in [4.69, 9.17) is 16.3 Å². The van der Waals surface area contributed by atoms with Gasteiger partial charge in [0.15, 0.2) is 5.96 Å². The summed E-state index contributed by atoms with van der Waals surface area (Å²) in [5.41, 5.74) is 2.38. The van der Waals surface area contributed by atoms with Crippen molar-refractivity contribution in [3.05, 3.63) is 50.9 Å². The van der Waals surface area contributed by atoms with E-state index in [2.05, 4.69) is 56.9 Å². The number of ether oxygens (including phenoxy) is 1. The molecule has 1 aliphatic heterocycles. The predicted octanol–water partition coefficient (Wildman–Crippen LogP) is 3.66. The lowest BCUT2D eigenvalue weighted by molar-refractivity contribution is 0.0170. The van der Waals surface area contributed by atoms with Crippen molar-refractivity contribution in [1.82, 2.24) is 20.5 Å². The summed E-state index contributed by atoms with van der Waals surface area (Å²) in [6.45, 7) is 9.09. The third-order valence-corrected chi connectivity index (χ3v) is 6.11. The maximum atomic E-state index is 6.09. The Balaban J connectivity index is 1.60. The second-order valence-corrected chi connectivity index (χ2v) is 8.72. The normalized spacial score (nSPS) is 16.8. The van der Waals surface area contributed by atoms with E-state index in [0.717, 1.165) is 54.5 Å². The second kappa shape index (κ2) is 10.9. The highest BCUT2D eigenvalue weighted by Crippen LogP contribution is 2.23. The zero-order valence-corrected chi connectivity index (χ0v) is 18.9. The Morgan fingerprint density at radius 1 is 1.24 bits per heavy atom. The largest absolute Gasteiger partial charge is 0.379 e. The smallest absolute Gasteiger partial charge is 0.191 e. The van der Waals surface area contributed by atoms with Crippen molar-refractivity contribution in [3.63, 3.8) is 0 Å². The maximum Gasteiger partial charge on any atom is 0.191 e. The minimum atomic E-state index is 0.224. The molecule has 2 N–H and O–H groups in total. The van der Waals surface area contributed by atoms with Gasteiger partial charge in [0.25, 0.3) is 0 Å². The summed E-state index contributed by atoms with van der Waals surface area (Å²) in [7, 11) is 1.79. The molecule has 2 heterocycles. The standard InChI is InChI=1S/C21H30ClN5OS/c1-15(2)18-14-29-20(26-18)13-25-21(23-3)24-12-19(27-8-10-28-11-9-27)16-4-6-17(22)7-5-16/h4-7,14-15,19H,8-13H2,1-3H3,(H2,23,24,25). The van der Waals surface area contributed by atoms with E-state index >= 15 is 0 Å². The van der Waals surface area contributed by atoms with Crippen molar-refractivity contribution in [2.24, 2.45) is 4.99 Å². The first-order valence-corrected chi connectivity index (χ1v) is 11.3. The fraction of sp³-hybridized carbons (Fsp3) is 0.524. The van der Waals surface area contributed by atoms with Crippen LogP contribution in [0.15, 0.2) is 34.6 Å². The highest BCUT2D eigenvalue weighted by molar-refractivity contribution is 7.09. The number of nitrogens with zero attached hydrogens (tertiary/aromatic N) is 3. The quantitative estimate of drug-likeness (QED) is 0.513. The van der Waals surface area contributed by atoms with Gasteiger partial charge < -0.3 is 15.4 Å². The van der Waals surface area contributed by atoms with Crippen LogP contribution in [0.4, 0.5) is 0 Å². The summed E-state index contributed by atoms with van der Waals surface area (Å²) in [6, 6.07) is 8.33. The van der Waals surface area contributed by atoms with Crippen LogP contribution in [0.5, 0.6) is 0 Å². The lowest BCUT2D eigenvalue weighted by Crippen LogP contribution is -2.46. The van der Waals surface area contributed by atoms with E-state index in [1.165, 1.54) is 5.56 Å². The van der Waals surface area contributed by atoms with Crippen LogP contribution < -0.4 is 10.6 Å². The number of morpholine rings is 1. The molecule has 0 amide bonds. The predicted molar refractivity (Wildman–Crippen MR) is 121 cm³/mol. The van der Waals surface area contributed by atoms with E-state index in [1.807, 2.05) is 12.1 Å². The third kappa shape index (κ3) is 6.40. The van der Waals surface area contributed by atoms with E-state index in [1.54, 1.807) is 18.4 Å². The molecule has 158 valence electrons. The Kier molecular flexibility index (Phi) is 8.29. The first kappa shape index (κ1) is 22.0. The summed E-state index contributed by atoms with van der Waals surface area (Å²) in [5, 5.41) is 10.8. The van der Waals surface area contributed by atoms with Gasteiger partial charge in [0.05, 0.1) is 31.5 Å². The summed E-state index contributed by atoms with van der Waals surface area (Å²) < 4.78 is 5.53. The van der Waals surface area contributed by atoms with Crippen LogP contribution in [0.2, 0.25) is 5.02 Å². The van der Waals surface area contributed by atoms with E-state index in [-0.39, 0.29) is 6.04 Å². The van der Waals surface area contributed by atoms with Crippen LogP contribution in [0, 0.1) is 0 Å². The number of guanidine groups is 1. The Bertz CT molecular complexity index is 787. The minimum Gasteiger partial charge on any atom is -0.379 e. The lowest BCUT2D eigenvalue weighted by Gasteiger charge is -2.35. The van der Waals surface area contributed by atoms with Crippen molar-refractivity contribution in [2.45, 2.75) is 32.4 Å². The molecule has 1 aromatic heterocycles. The summed E-state index contributed by atoms with van der Waals surface area (Å²) >= 11 is 7.77. The average molecular weight is 436 g/mol. The summed E-state index contributed by atoms with van der Waals surface area (Å²) in [5.74, 6) is 1.23. The van der Waals surface area contributed by atoms with Gasteiger partial charge in [-0.1, -0.05) is 37.6 Å². The number of aliphatic imine (C=N–C) groups is 1. The van der Waals surface area contributed by atoms with Crippen molar-refractivity contribution in [2.75, 3.05) is 39.9 Å². The highest BCUT2D eigenvalue weighted by Gasteiger charge is 2.23. The van der Waals surface area contributed by atoms with Crippen LogP contribution in [0.3, 0.4) is 0 Å². The van der Waals surface area contributed by atoms with Gasteiger partial charge in [-0.2, -0.15) is 0 Å². The van der Waals surface area contributed by atoms with Gasteiger partial charge in [0.2, 0.25) is 0 Å².